The fourth-order valence-electron chi connectivity index (χ4n) is 1.22. The summed E-state index contributed by atoms with van der Waals surface area (Å²) >= 11 is 0. The predicted octanol–water partition coefficient (Wildman–Crippen LogP) is 0.156. The Balaban J connectivity index is 2.39. The van der Waals surface area contributed by atoms with Gasteiger partial charge < -0.3 is 14.9 Å². The summed E-state index contributed by atoms with van der Waals surface area (Å²) in [6.45, 7) is 2.89. The molecule has 0 radical (unpaired) electrons. The second-order valence-electron chi connectivity index (χ2n) is 3.33. The summed E-state index contributed by atoms with van der Waals surface area (Å²) in [6, 6.07) is 0. The minimum atomic E-state index is -0.304. The van der Waals surface area contributed by atoms with E-state index in [-0.39, 0.29) is 24.7 Å². The molecule has 66 valence electrons. The SMILES string of the molecule is CCC(CO)(CO)CC1CO1. The monoisotopic (exact) mass is 160 g/mol. The van der Waals surface area contributed by atoms with Gasteiger partial charge in [-0.1, -0.05) is 6.92 Å². The minimum Gasteiger partial charge on any atom is -0.396 e. The Hall–Kier alpha value is -0.120. The molecule has 1 aliphatic heterocycles. The van der Waals surface area contributed by atoms with Crippen molar-refractivity contribution in [2.24, 2.45) is 5.41 Å². The van der Waals surface area contributed by atoms with Crippen molar-refractivity contribution >= 4 is 0 Å². The van der Waals surface area contributed by atoms with Crippen molar-refractivity contribution in [3.05, 3.63) is 0 Å². The van der Waals surface area contributed by atoms with Crippen molar-refractivity contribution < 1.29 is 14.9 Å². The zero-order valence-electron chi connectivity index (χ0n) is 6.92. The van der Waals surface area contributed by atoms with E-state index in [2.05, 4.69) is 0 Å². The summed E-state index contributed by atoms with van der Waals surface area (Å²) in [6.07, 6.45) is 1.88. The lowest BCUT2D eigenvalue weighted by Crippen LogP contribution is -2.30. The number of aliphatic hydroxyl groups is 2. The van der Waals surface area contributed by atoms with Crippen molar-refractivity contribution in [2.75, 3.05) is 19.8 Å². The fraction of sp³-hybridized carbons (Fsp3) is 1.00. The van der Waals surface area contributed by atoms with E-state index >= 15 is 0 Å². The first-order chi connectivity index (χ1) is 5.26. The maximum absolute atomic E-state index is 9.04. The standard InChI is InChI=1S/C8H16O3/c1-2-8(5-9,6-10)3-7-4-11-7/h7,9-10H,2-6H2,1H3. The molecule has 1 fully saturated rings. The first-order valence-corrected chi connectivity index (χ1v) is 4.09. The fourth-order valence-corrected chi connectivity index (χ4v) is 1.22. The zero-order valence-corrected chi connectivity index (χ0v) is 6.92. The maximum Gasteiger partial charge on any atom is 0.0817 e. The van der Waals surface area contributed by atoms with Crippen LogP contribution in [0.1, 0.15) is 19.8 Å². The van der Waals surface area contributed by atoms with E-state index in [1.807, 2.05) is 6.92 Å². The summed E-state index contributed by atoms with van der Waals surface area (Å²) in [5, 5.41) is 18.1. The van der Waals surface area contributed by atoms with Crippen LogP contribution >= 0.6 is 0 Å². The Bertz CT molecular complexity index is 108. The van der Waals surface area contributed by atoms with Crippen molar-refractivity contribution in [3.63, 3.8) is 0 Å². The second-order valence-corrected chi connectivity index (χ2v) is 3.33. The molecule has 3 nitrogen and oxygen atoms in total. The van der Waals surface area contributed by atoms with Gasteiger partial charge in [0.25, 0.3) is 0 Å². The second kappa shape index (κ2) is 3.52. The molecule has 11 heavy (non-hydrogen) atoms. The number of aliphatic hydroxyl groups excluding tert-OH is 2. The normalized spacial score (nSPS) is 23.7. The Morgan fingerprint density at radius 3 is 2.27 bits per heavy atom. The van der Waals surface area contributed by atoms with E-state index in [0.29, 0.717) is 0 Å². The smallest absolute Gasteiger partial charge is 0.0817 e. The summed E-state index contributed by atoms with van der Waals surface area (Å²) in [5.74, 6) is 0. The van der Waals surface area contributed by atoms with Crippen LogP contribution in [-0.2, 0) is 4.74 Å². The Labute approximate surface area is 67.0 Å². The van der Waals surface area contributed by atoms with Gasteiger partial charge in [0.1, 0.15) is 0 Å². The van der Waals surface area contributed by atoms with E-state index in [0.717, 1.165) is 19.4 Å². The van der Waals surface area contributed by atoms with E-state index in [1.165, 1.54) is 0 Å². The highest BCUT2D eigenvalue weighted by Crippen LogP contribution is 2.31. The zero-order chi connectivity index (χ0) is 8.32. The lowest BCUT2D eigenvalue weighted by atomic mass is 9.82. The number of rotatable bonds is 5. The van der Waals surface area contributed by atoms with Gasteiger partial charge in [0.15, 0.2) is 0 Å². The number of hydrogen-bond acceptors (Lipinski definition) is 3. The van der Waals surface area contributed by atoms with Crippen molar-refractivity contribution in [1.29, 1.82) is 0 Å². The third-order valence-corrected chi connectivity index (χ3v) is 2.48. The van der Waals surface area contributed by atoms with Gasteiger partial charge in [-0.25, -0.2) is 0 Å². The molecule has 0 bridgehead atoms. The number of hydrogen-bond donors (Lipinski definition) is 2. The maximum atomic E-state index is 9.04. The Morgan fingerprint density at radius 1 is 1.45 bits per heavy atom. The molecule has 0 aromatic rings. The van der Waals surface area contributed by atoms with Gasteiger partial charge in [-0.05, 0) is 12.8 Å². The van der Waals surface area contributed by atoms with E-state index in [1.54, 1.807) is 0 Å². The van der Waals surface area contributed by atoms with Crippen LogP contribution in [0.4, 0.5) is 0 Å². The first-order valence-electron chi connectivity index (χ1n) is 4.09. The van der Waals surface area contributed by atoms with Crippen molar-refractivity contribution in [2.45, 2.75) is 25.9 Å². The first kappa shape index (κ1) is 8.97. The van der Waals surface area contributed by atoms with Crippen LogP contribution in [0.3, 0.4) is 0 Å². The molecule has 1 saturated heterocycles. The molecular weight excluding hydrogens is 144 g/mol. The van der Waals surface area contributed by atoms with Gasteiger partial charge in [-0.3, -0.25) is 0 Å². The van der Waals surface area contributed by atoms with Gasteiger partial charge in [0.05, 0.1) is 25.9 Å². The topological polar surface area (TPSA) is 53.0 Å². The highest BCUT2D eigenvalue weighted by atomic mass is 16.6. The Morgan fingerprint density at radius 2 is 2.00 bits per heavy atom. The van der Waals surface area contributed by atoms with E-state index in [9.17, 15) is 0 Å². The lowest BCUT2D eigenvalue weighted by molar-refractivity contribution is 0.0374. The largest absolute Gasteiger partial charge is 0.396 e. The third kappa shape index (κ3) is 2.15. The molecule has 3 heteroatoms. The Kier molecular flexibility index (Phi) is 2.87. The van der Waals surface area contributed by atoms with Gasteiger partial charge in [-0.15, -0.1) is 0 Å². The molecule has 0 aromatic carbocycles. The van der Waals surface area contributed by atoms with E-state index in [4.69, 9.17) is 14.9 Å². The van der Waals surface area contributed by atoms with Crippen LogP contribution in [0.5, 0.6) is 0 Å². The van der Waals surface area contributed by atoms with Crippen LogP contribution in [0.15, 0.2) is 0 Å². The molecule has 1 atom stereocenters. The average molecular weight is 160 g/mol. The number of ether oxygens (including phenoxy) is 1. The summed E-state index contributed by atoms with van der Waals surface area (Å²) in [4.78, 5) is 0. The molecule has 1 aliphatic rings. The third-order valence-electron chi connectivity index (χ3n) is 2.48. The van der Waals surface area contributed by atoms with Crippen LogP contribution < -0.4 is 0 Å². The van der Waals surface area contributed by atoms with Crippen LogP contribution in [0, 0.1) is 5.41 Å². The quantitative estimate of drug-likeness (QED) is 0.563. The van der Waals surface area contributed by atoms with Gasteiger partial charge in [0, 0.05) is 5.41 Å². The van der Waals surface area contributed by atoms with Gasteiger partial charge in [-0.2, -0.15) is 0 Å². The van der Waals surface area contributed by atoms with Crippen LogP contribution in [-0.4, -0.2) is 36.1 Å². The van der Waals surface area contributed by atoms with Gasteiger partial charge in [0.2, 0.25) is 0 Å². The summed E-state index contributed by atoms with van der Waals surface area (Å²) in [7, 11) is 0. The lowest BCUT2D eigenvalue weighted by Gasteiger charge is -2.27. The highest BCUT2D eigenvalue weighted by Gasteiger charge is 2.35. The molecule has 1 heterocycles. The van der Waals surface area contributed by atoms with Gasteiger partial charge >= 0.3 is 0 Å². The van der Waals surface area contributed by atoms with Crippen LogP contribution in [0.25, 0.3) is 0 Å². The molecule has 2 N–H and O–H groups in total. The van der Waals surface area contributed by atoms with Crippen molar-refractivity contribution in [1.82, 2.24) is 0 Å². The molecule has 0 spiro atoms. The molecule has 0 aliphatic carbocycles. The minimum absolute atomic E-state index is 0.0554. The molecule has 1 rings (SSSR count). The summed E-state index contributed by atoms with van der Waals surface area (Å²) < 4.78 is 5.05. The van der Waals surface area contributed by atoms with Crippen LogP contribution in [0.2, 0.25) is 0 Å². The molecule has 0 saturated carbocycles. The molecular formula is C8H16O3. The predicted molar refractivity (Wildman–Crippen MR) is 41.3 cm³/mol. The van der Waals surface area contributed by atoms with Crippen molar-refractivity contribution in [3.8, 4) is 0 Å². The molecule has 0 amide bonds. The summed E-state index contributed by atoms with van der Waals surface area (Å²) in [5.41, 5.74) is -0.304. The average Bonchev–Trinajstić information content (AvgIpc) is 2.84. The molecule has 0 aromatic heterocycles. The highest BCUT2D eigenvalue weighted by molar-refractivity contribution is 4.84. The molecule has 1 unspecified atom stereocenters. The number of epoxide rings is 1. The van der Waals surface area contributed by atoms with E-state index < -0.39 is 0 Å².